The van der Waals surface area contributed by atoms with Gasteiger partial charge in [0.2, 0.25) is 0 Å². The van der Waals surface area contributed by atoms with E-state index in [1.807, 2.05) is 0 Å². The molecule has 0 aromatic rings. The summed E-state index contributed by atoms with van der Waals surface area (Å²) in [6.07, 6.45) is 7.06. The highest BCUT2D eigenvalue weighted by Crippen LogP contribution is 2.37. The first-order chi connectivity index (χ1) is 10.1. The summed E-state index contributed by atoms with van der Waals surface area (Å²) >= 11 is 0. The Morgan fingerprint density at radius 2 is 1.64 bits per heavy atom. The number of ether oxygens (including phenoxy) is 1. The number of rotatable bonds is 11. The Hall–Kier alpha value is -0.683. The quantitative estimate of drug-likeness (QED) is 0.242. The van der Waals surface area contributed by atoms with Gasteiger partial charge in [0.05, 0.1) is 7.11 Å². The molecule has 0 aliphatic heterocycles. The average molecular weight is 331 g/mol. The Balaban J connectivity index is 3.88. The van der Waals surface area contributed by atoms with Gasteiger partial charge in [0, 0.05) is 6.42 Å². The highest BCUT2D eigenvalue weighted by atomic mass is 28.4. The Morgan fingerprint density at radius 3 is 2.14 bits per heavy atom. The molecule has 0 aromatic carbocycles. The molecule has 0 aliphatic rings. The number of unbranched alkanes of at least 4 members (excludes halogenated alkanes) is 4. The fraction of sp³-hybridized carbons (Fsp3) is 0.882. The predicted molar refractivity (Wildman–Crippen MR) is 92.5 cm³/mol. The van der Waals surface area contributed by atoms with E-state index >= 15 is 0 Å². The molecule has 0 bridgehead atoms. The summed E-state index contributed by atoms with van der Waals surface area (Å²) < 4.78 is 10.7. The zero-order valence-electron chi connectivity index (χ0n) is 15.2. The summed E-state index contributed by atoms with van der Waals surface area (Å²) in [5, 5.41) is 0.127. The van der Waals surface area contributed by atoms with E-state index in [1.165, 1.54) is 7.11 Å². The van der Waals surface area contributed by atoms with E-state index in [2.05, 4.69) is 38.6 Å². The van der Waals surface area contributed by atoms with Gasteiger partial charge in [-0.25, -0.2) is 0 Å². The van der Waals surface area contributed by atoms with Gasteiger partial charge in [-0.2, -0.15) is 0 Å². The molecule has 0 rings (SSSR count). The summed E-state index contributed by atoms with van der Waals surface area (Å²) in [6.45, 7) is 10.9. The fourth-order valence-electron chi connectivity index (χ4n) is 1.96. The van der Waals surface area contributed by atoms with Crippen LogP contribution >= 0.6 is 0 Å². The molecule has 1 atom stereocenters. The molecule has 0 unspecified atom stereocenters. The molecular formula is C17H34O4Si. The molecule has 5 heteroatoms. The molecular weight excluding hydrogens is 296 g/mol. The molecule has 0 radical (unpaired) electrons. The normalized spacial score (nSPS) is 13.7. The van der Waals surface area contributed by atoms with Gasteiger partial charge in [0.15, 0.2) is 8.32 Å². The Morgan fingerprint density at radius 1 is 1.09 bits per heavy atom. The lowest BCUT2D eigenvalue weighted by Crippen LogP contribution is -2.44. The van der Waals surface area contributed by atoms with Crippen LogP contribution in [0.4, 0.5) is 0 Å². The smallest absolute Gasteiger partial charge is 0.305 e. The Kier molecular flexibility index (Phi) is 9.84. The topological polar surface area (TPSA) is 52.6 Å². The van der Waals surface area contributed by atoms with Crippen LogP contribution in [-0.2, 0) is 18.8 Å². The summed E-state index contributed by atoms with van der Waals surface area (Å²) in [7, 11) is -0.449. The van der Waals surface area contributed by atoms with E-state index in [9.17, 15) is 9.59 Å². The molecule has 4 nitrogen and oxygen atoms in total. The fourth-order valence-corrected chi connectivity index (χ4v) is 3.24. The van der Waals surface area contributed by atoms with Gasteiger partial charge in [0.25, 0.3) is 0 Å². The maximum atomic E-state index is 11.2. The summed E-state index contributed by atoms with van der Waals surface area (Å²) in [4.78, 5) is 22.2. The van der Waals surface area contributed by atoms with E-state index in [-0.39, 0.29) is 17.1 Å². The standard InChI is InChI=1S/C17H34O4Si/c1-17(2,3)22(5,6)21-15(14-18)12-10-8-7-9-11-13-16(19)20-4/h14-15H,7-13H2,1-6H3/t15-/m0/s1. The van der Waals surface area contributed by atoms with Gasteiger partial charge >= 0.3 is 5.97 Å². The third-order valence-corrected chi connectivity index (χ3v) is 9.01. The van der Waals surface area contributed by atoms with Crippen molar-refractivity contribution in [1.82, 2.24) is 0 Å². The van der Waals surface area contributed by atoms with Crippen molar-refractivity contribution < 1.29 is 18.8 Å². The number of carbonyl (C=O) groups excluding carboxylic acids is 2. The minimum atomic E-state index is -1.87. The van der Waals surface area contributed by atoms with Crippen LogP contribution in [0, 0.1) is 0 Å². The van der Waals surface area contributed by atoms with E-state index < -0.39 is 8.32 Å². The van der Waals surface area contributed by atoms with Crippen LogP contribution in [0.25, 0.3) is 0 Å². The van der Waals surface area contributed by atoms with Gasteiger partial charge in [0.1, 0.15) is 12.4 Å². The lowest BCUT2D eigenvalue weighted by atomic mass is 10.1. The molecule has 130 valence electrons. The zero-order chi connectivity index (χ0) is 17.2. The van der Waals surface area contributed by atoms with Crippen molar-refractivity contribution in [1.29, 1.82) is 0 Å². The summed E-state index contributed by atoms with van der Waals surface area (Å²) in [5.41, 5.74) is 0. The van der Waals surface area contributed by atoms with Gasteiger partial charge in [-0.1, -0.05) is 46.5 Å². The van der Waals surface area contributed by atoms with Crippen LogP contribution in [0.1, 0.15) is 65.7 Å². The first kappa shape index (κ1) is 21.3. The monoisotopic (exact) mass is 330 g/mol. The van der Waals surface area contributed by atoms with E-state index in [4.69, 9.17) is 4.43 Å². The molecule has 22 heavy (non-hydrogen) atoms. The van der Waals surface area contributed by atoms with E-state index in [1.54, 1.807) is 0 Å². The van der Waals surface area contributed by atoms with Crippen molar-refractivity contribution in [2.75, 3.05) is 7.11 Å². The van der Waals surface area contributed by atoms with Crippen LogP contribution < -0.4 is 0 Å². The molecule has 0 N–H and O–H groups in total. The van der Waals surface area contributed by atoms with Crippen molar-refractivity contribution in [3.63, 3.8) is 0 Å². The molecule has 0 fully saturated rings. The van der Waals surface area contributed by atoms with Crippen LogP contribution in [0.5, 0.6) is 0 Å². The van der Waals surface area contributed by atoms with Gasteiger partial charge in [-0.05, 0) is 31.0 Å². The van der Waals surface area contributed by atoms with Crippen molar-refractivity contribution in [2.24, 2.45) is 0 Å². The molecule has 0 spiro atoms. The number of carbonyl (C=O) groups is 2. The number of methoxy groups -OCH3 is 1. The minimum absolute atomic E-state index is 0.127. The molecule has 0 aliphatic carbocycles. The van der Waals surface area contributed by atoms with Crippen LogP contribution in [0.2, 0.25) is 18.1 Å². The molecule has 0 amide bonds. The van der Waals surface area contributed by atoms with Gasteiger partial charge < -0.3 is 14.0 Å². The van der Waals surface area contributed by atoms with E-state index in [0.29, 0.717) is 6.42 Å². The van der Waals surface area contributed by atoms with Crippen LogP contribution in [-0.4, -0.2) is 33.8 Å². The zero-order valence-corrected chi connectivity index (χ0v) is 16.2. The molecule has 0 saturated carbocycles. The van der Waals surface area contributed by atoms with Crippen LogP contribution in [0.15, 0.2) is 0 Å². The molecule has 0 aromatic heterocycles. The third kappa shape index (κ3) is 8.69. The average Bonchev–Trinajstić information content (AvgIpc) is 2.43. The van der Waals surface area contributed by atoms with Crippen LogP contribution in [0.3, 0.4) is 0 Å². The maximum absolute atomic E-state index is 11.2. The minimum Gasteiger partial charge on any atom is -0.469 e. The van der Waals surface area contributed by atoms with E-state index in [0.717, 1.165) is 44.8 Å². The van der Waals surface area contributed by atoms with Crippen molar-refractivity contribution in [3.05, 3.63) is 0 Å². The van der Waals surface area contributed by atoms with Crippen molar-refractivity contribution in [3.8, 4) is 0 Å². The first-order valence-electron chi connectivity index (χ1n) is 8.34. The number of hydrogen-bond donors (Lipinski definition) is 0. The Labute approximate surface area is 137 Å². The number of aldehydes is 1. The lowest BCUT2D eigenvalue weighted by Gasteiger charge is -2.38. The highest BCUT2D eigenvalue weighted by molar-refractivity contribution is 6.74. The van der Waals surface area contributed by atoms with Crippen molar-refractivity contribution >= 4 is 20.6 Å². The largest absolute Gasteiger partial charge is 0.469 e. The van der Waals surface area contributed by atoms with Crippen molar-refractivity contribution in [2.45, 2.75) is 90.0 Å². The Bertz CT molecular complexity index is 334. The van der Waals surface area contributed by atoms with Gasteiger partial charge in [-0.3, -0.25) is 4.79 Å². The van der Waals surface area contributed by atoms with Gasteiger partial charge in [-0.15, -0.1) is 0 Å². The SMILES string of the molecule is COC(=O)CCCCCCC[C@@H](C=O)O[Si](C)(C)C(C)(C)C. The number of esters is 1. The maximum Gasteiger partial charge on any atom is 0.305 e. The second kappa shape index (κ2) is 10.2. The molecule has 0 heterocycles. The summed E-state index contributed by atoms with van der Waals surface area (Å²) in [6, 6.07) is 0. The lowest BCUT2D eigenvalue weighted by molar-refractivity contribution is -0.140. The second-order valence-corrected chi connectivity index (χ2v) is 12.2. The molecule has 0 saturated heterocycles. The summed E-state index contributed by atoms with van der Waals surface area (Å²) in [5.74, 6) is -0.135. The second-order valence-electron chi connectivity index (χ2n) is 7.44. The highest BCUT2D eigenvalue weighted by Gasteiger charge is 2.38. The third-order valence-electron chi connectivity index (χ3n) is 4.50. The number of hydrogen-bond acceptors (Lipinski definition) is 4. The first-order valence-corrected chi connectivity index (χ1v) is 11.2. The predicted octanol–water partition coefficient (Wildman–Crippen LogP) is 4.48.